The van der Waals surface area contributed by atoms with Crippen LogP contribution in [0.4, 0.5) is 0 Å². The monoisotopic (exact) mass is 164 g/mol. The van der Waals surface area contributed by atoms with Crippen LogP contribution >= 0.6 is 0 Å². The Balaban J connectivity index is 2.15. The summed E-state index contributed by atoms with van der Waals surface area (Å²) in [6, 6.07) is 0.744. The first-order chi connectivity index (χ1) is 5.77. The zero-order valence-electron chi connectivity index (χ0n) is 7.80. The zero-order valence-corrected chi connectivity index (χ0v) is 7.80. The lowest BCUT2D eigenvalue weighted by Crippen LogP contribution is -2.32. The third-order valence-electron chi connectivity index (χ3n) is 2.86. The quantitative estimate of drug-likeness (QED) is 0.665. The minimum Gasteiger partial charge on any atom is -0.367 e. The highest BCUT2D eigenvalue weighted by atomic mass is 15.1. The summed E-state index contributed by atoms with van der Waals surface area (Å²) in [5.74, 6) is 0. The van der Waals surface area contributed by atoms with Gasteiger partial charge in [0.25, 0.3) is 0 Å². The van der Waals surface area contributed by atoms with Gasteiger partial charge in [0.05, 0.1) is 0 Å². The highest BCUT2D eigenvalue weighted by Crippen LogP contribution is 2.22. The van der Waals surface area contributed by atoms with Crippen molar-refractivity contribution < 1.29 is 0 Å². The number of likely N-dealkylation sites (N-methyl/N-ethyl adjacent to an activating group) is 1. The van der Waals surface area contributed by atoms with Crippen molar-refractivity contribution in [3.05, 3.63) is 23.5 Å². The van der Waals surface area contributed by atoms with E-state index < -0.39 is 0 Å². The number of hydrogen-bond acceptors (Lipinski definition) is 1. The van der Waals surface area contributed by atoms with Crippen molar-refractivity contribution in [2.45, 2.75) is 25.3 Å². The van der Waals surface area contributed by atoms with E-state index in [0.29, 0.717) is 0 Å². The Morgan fingerprint density at radius 3 is 2.83 bits per heavy atom. The number of nitrogens with zero attached hydrogens (tertiary/aromatic N) is 1. The van der Waals surface area contributed by atoms with Crippen molar-refractivity contribution in [1.29, 1.82) is 0 Å². The van der Waals surface area contributed by atoms with Crippen molar-refractivity contribution in [1.82, 2.24) is 9.88 Å². The topological polar surface area (TPSA) is 19.0 Å². The second-order valence-electron chi connectivity index (χ2n) is 3.87. The molecule has 1 aliphatic rings. The van der Waals surface area contributed by atoms with E-state index in [0.717, 1.165) is 6.04 Å². The minimum atomic E-state index is 0.744. The molecule has 0 saturated carbocycles. The predicted octanol–water partition coefficient (Wildman–Crippen LogP) is 1.43. The van der Waals surface area contributed by atoms with Crippen LogP contribution in [-0.2, 0) is 12.8 Å². The molecular weight excluding hydrogens is 148 g/mol. The van der Waals surface area contributed by atoms with Crippen LogP contribution in [-0.4, -0.2) is 30.0 Å². The molecule has 1 atom stereocenters. The van der Waals surface area contributed by atoms with Crippen LogP contribution in [0.2, 0.25) is 0 Å². The van der Waals surface area contributed by atoms with Crippen molar-refractivity contribution in [2.24, 2.45) is 0 Å². The first-order valence-corrected chi connectivity index (χ1v) is 4.58. The average Bonchev–Trinajstić information content (AvgIpc) is 2.49. The van der Waals surface area contributed by atoms with Gasteiger partial charge in [0.1, 0.15) is 0 Å². The van der Waals surface area contributed by atoms with Gasteiger partial charge in [-0.2, -0.15) is 0 Å². The number of rotatable bonds is 1. The molecule has 1 aromatic heterocycles. The maximum atomic E-state index is 3.18. The average molecular weight is 164 g/mol. The van der Waals surface area contributed by atoms with E-state index in [2.05, 4.69) is 36.4 Å². The van der Waals surface area contributed by atoms with Gasteiger partial charge in [0.15, 0.2) is 0 Å². The molecule has 0 aromatic carbocycles. The van der Waals surface area contributed by atoms with Crippen molar-refractivity contribution >= 4 is 0 Å². The fourth-order valence-corrected chi connectivity index (χ4v) is 1.97. The molecule has 0 aliphatic heterocycles. The normalized spacial score (nSPS) is 22.8. The first-order valence-electron chi connectivity index (χ1n) is 4.58. The van der Waals surface area contributed by atoms with Crippen LogP contribution in [0.3, 0.4) is 0 Å². The summed E-state index contributed by atoms with van der Waals surface area (Å²) in [5, 5.41) is 0. The molecule has 0 radical (unpaired) electrons. The van der Waals surface area contributed by atoms with E-state index in [-0.39, 0.29) is 0 Å². The summed E-state index contributed by atoms with van der Waals surface area (Å²) >= 11 is 0. The molecule has 2 nitrogen and oxygen atoms in total. The standard InChI is InChI=1S/C10H16N2/c1-12(2)10-4-3-8-6-11-7-9(8)5-10/h6-7,10-11H,3-5H2,1-2H3. The summed E-state index contributed by atoms with van der Waals surface area (Å²) in [4.78, 5) is 5.51. The number of aromatic amines is 1. The summed E-state index contributed by atoms with van der Waals surface area (Å²) in [5.41, 5.74) is 3.04. The molecule has 0 bridgehead atoms. The maximum absolute atomic E-state index is 3.18. The van der Waals surface area contributed by atoms with Gasteiger partial charge in [0, 0.05) is 18.4 Å². The smallest absolute Gasteiger partial charge is 0.0133 e. The Bertz CT molecular complexity index is 263. The molecule has 2 heteroatoms. The lowest BCUT2D eigenvalue weighted by atomic mass is 9.91. The SMILES string of the molecule is CN(C)C1CCc2c[nH]cc2C1. The number of H-pyrrole nitrogens is 1. The Morgan fingerprint density at radius 1 is 1.33 bits per heavy atom. The van der Waals surface area contributed by atoms with E-state index in [1.807, 2.05) is 0 Å². The largest absolute Gasteiger partial charge is 0.367 e. The van der Waals surface area contributed by atoms with Crippen molar-refractivity contribution in [3.8, 4) is 0 Å². The van der Waals surface area contributed by atoms with Gasteiger partial charge in [-0.1, -0.05) is 0 Å². The third kappa shape index (κ3) is 1.27. The molecule has 1 N–H and O–H groups in total. The van der Waals surface area contributed by atoms with Gasteiger partial charge in [-0.15, -0.1) is 0 Å². The molecule has 66 valence electrons. The Labute approximate surface area is 73.6 Å². The van der Waals surface area contributed by atoms with Crippen LogP contribution in [0, 0.1) is 0 Å². The lowest BCUT2D eigenvalue weighted by Gasteiger charge is -2.28. The number of aryl methyl sites for hydroxylation is 1. The van der Waals surface area contributed by atoms with E-state index in [4.69, 9.17) is 0 Å². The molecule has 0 fully saturated rings. The van der Waals surface area contributed by atoms with Crippen molar-refractivity contribution in [2.75, 3.05) is 14.1 Å². The van der Waals surface area contributed by atoms with Gasteiger partial charge < -0.3 is 9.88 Å². The Hall–Kier alpha value is -0.760. The summed E-state index contributed by atoms with van der Waals surface area (Å²) in [6.45, 7) is 0. The summed E-state index contributed by atoms with van der Waals surface area (Å²) in [7, 11) is 4.34. The highest BCUT2D eigenvalue weighted by molar-refractivity contribution is 5.27. The van der Waals surface area contributed by atoms with E-state index in [1.54, 1.807) is 0 Å². The van der Waals surface area contributed by atoms with Gasteiger partial charge in [-0.25, -0.2) is 0 Å². The number of hydrogen-bond donors (Lipinski definition) is 1. The van der Waals surface area contributed by atoms with E-state index in [1.165, 1.54) is 30.4 Å². The minimum absolute atomic E-state index is 0.744. The molecule has 1 aromatic rings. The summed E-state index contributed by atoms with van der Waals surface area (Å²) < 4.78 is 0. The van der Waals surface area contributed by atoms with Gasteiger partial charge >= 0.3 is 0 Å². The number of fused-ring (bicyclic) bond motifs is 1. The second kappa shape index (κ2) is 2.94. The molecule has 0 amide bonds. The second-order valence-corrected chi connectivity index (χ2v) is 3.87. The first kappa shape index (κ1) is 7.87. The fourth-order valence-electron chi connectivity index (χ4n) is 1.97. The number of aromatic nitrogens is 1. The molecule has 12 heavy (non-hydrogen) atoms. The molecule has 1 heterocycles. The van der Waals surface area contributed by atoms with Crippen LogP contribution in [0.25, 0.3) is 0 Å². The zero-order chi connectivity index (χ0) is 8.55. The molecular formula is C10H16N2. The van der Waals surface area contributed by atoms with Crippen LogP contribution in [0.15, 0.2) is 12.4 Å². The highest BCUT2D eigenvalue weighted by Gasteiger charge is 2.19. The van der Waals surface area contributed by atoms with Gasteiger partial charge in [0.2, 0.25) is 0 Å². The van der Waals surface area contributed by atoms with Crippen LogP contribution < -0.4 is 0 Å². The fraction of sp³-hybridized carbons (Fsp3) is 0.600. The molecule has 1 aliphatic carbocycles. The van der Waals surface area contributed by atoms with Crippen LogP contribution in [0.5, 0.6) is 0 Å². The molecule has 0 spiro atoms. The van der Waals surface area contributed by atoms with Crippen LogP contribution in [0.1, 0.15) is 17.5 Å². The Morgan fingerprint density at radius 2 is 2.08 bits per heavy atom. The summed E-state index contributed by atoms with van der Waals surface area (Å²) in [6.07, 6.45) is 8.04. The maximum Gasteiger partial charge on any atom is 0.0133 e. The molecule has 1 unspecified atom stereocenters. The van der Waals surface area contributed by atoms with Gasteiger partial charge in [-0.3, -0.25) is 0 Å². The molecule has 2 rings (SSSR count). The van der Waals surface area contributed by atoms with E-state index in [9.17, 15) is 0 Å². The third-order valence-corrected chi connectivity index (χ3v) is 2.86. The predicted molar refractivity (Wildman–Crippen MR) is 50.3 cm³/mol. The van der Waals surface area contributed by atoms with Crippen molar-refractivity contribution in [3.63, 3.8) is 0 Å². The lowest BCUT2D eigenvalue weighted by molar-refractivity contribution is 0.268. The number of nitrogens with one attached hydrogen (secondary N) is 1. The van der Waals surface area contributed by atoms with E-state index >= 15 is 0 Å². The van der Waals surface area contributed by atoms with Gasteiger partial charge in [-0.05, 0) is 44.5 Å². The Kier molecular flexibility index (Phi) is 1.93. The molecule has 0 saturated heterocycles.